The van der Waals surface area contributed by atoms with Gasteiger partial charge < -0.3 is 5.11 Å². The quantitative estimate of drug-likeness (QED) is 0.934. The molecule has 0 aliphatic carbocycles. The molecule has 1 N–H and O–H groups in total. The zero-order valence-corrected chi connectivity index (χ0v) is 12.5. The van der Waals surface area contributed by atoms with Gasteiger partial charge in [0.05, 0.1) is 10.5 Å². The van der Waals surface area contributed by atoms with Crippen LogP contribution in [0.3, 0.4) is 0 Å². The number of allylic oxidation sites excluding steroid dienone is 3. The van der Waals surface area contributed by atoms with E-state index in [9.17, 15) is 14.1 Å². The van der Waals surface area contributed by atoms with Gasteiger partial charge in [0.25, 0.3) is 0 Å². The van der Waals surface area contributed by atoms with Crippen LogP contribution in [0.5, 0.6) is 0 Å². The molecule has 1 heterocycles. The number of aryl methyl sites for hydroxylation is 1. The minimum atomic E-state index is -1.43. The number of carboxylic acids is 1. The van der Waals surface area contributed by atoms with Crippen molar-refractivity contribution in [2.75, 3.05) is 6.54 Å². The second-order valence-electron chi connectivity index (χ2n) is 4.68. The molecule has 1 aromatic carbocycles. The lowest BCUT2D eigenvalue weighted by atomic mass is 10.2. The smallest absolute Gasteiger partial charge is 0.333 e. The van der Waals surface area contributed by atoms with Crippen molar-refractivity contribution in [3.05, 3.63) is 65.9 Å². The van der Waals surface area contributed by atoms with Crippen molar-refractivity contribution in [3.63, 3.8) is 0 Å². The summed E-state index contributed by atoms with van der Waals surface area (Å²) >= 11 is 0. The van der Waals surface area contributed by atoms with Gasteiger partial charge in [-0.1, -0.05) is 42.0 Å². The van der Waals surface area contributed by atoms with Gasteiger partial charge in [-0.15, -0.1) is 0 Å². The largest absolute Gasteiger partial charge is 0.478 e. The molecule has 0 aromatic heterocycles. The third kappa shape index (κ3) is 4.16. The number of carboxylic acid groups (broad SMARTS) is 1. The van der Waals surface area contributed by atoms with E-state index in [4.69, 9.17) is 0 Å². The number of rotatable bonds is 3. The third-order valence-corrected chi connectivity index (χ3v) is 4.37. The summed E-state index contributed by atoms with van der Waals surface area (Å²) in [5, 5.41) is 9.21. The van der Waals surface area contributed by atoms with E-state index in [1.807, 2.05) is 31.2 Å². The summed E-state index contributed by atoms with van der Waals surface area (Å²) in [7, 11) is -1.43. The maximum Gasteiger partial charge on any atom is 0.333 e. The molecular formula is C16H17NO3S. The highest BCUT2D eigenvalue weighted by molar-refractivity contribution is 7.82. The molecule has 4 nitrogen and oxygen atoms in total. The summed E-state index contributed by atoms with van der Waals surface area (Å²) < 4.78 is 14.1. The maximum atomic E-state index is 12.6. The van der Waals surface area contributed by atoms with Gasteiger partial charge in [0.2, 0.25) is 0 Å². The van der Waals surface area contributed by atoms with Gasteiger partial charge in [0.1, 0.15) is 0 Å². The molecule has 0 fully saturated rings. The van der Waals surface area contributed by atoms with Crippen LogP contribution in [0.1, 0.15) is 12.0 Å². The fourth-order valence-electron chi connectivity index (χ4n) is 1.84. The molecule has 0 saturated heterocycles. The summed E-state index contributed by atoms with van der Waals surface area (Å²) in [6, 6.07) is 7.38. The molecule has 110 valence electrons. The molecule has 0 bridgehead atoms. The van der Waals surface area contributed by atoms with Crippen LogP contribution < -0.4 is 0 Å². The highest BCUT2D eigenvalue weighted by Crippen LogP contribution is 2.16. The van der Waals surface area contributed by atoms with Crippen LogP contribution in [-0.2, 0) is 15.8 Å². The highest BCUT2D eigenvalue weighted by Gasteiger charge is 2.15. The first-order valence-corrected chi connectivity index (χ1v) is 7.69. The lowest BCUT2D eigenvalue weighted by Crippen LogP contribution is -2.22. The number of benzene rings is 1. The Balaban J connectivity index is 2.31. The predicted octanol–water partition coefficient (Wildman–Crippen LogP) is 2.80. The topological polar surface area (TPSA) is 57.6 Å². The van der Waals surface area contributed by atoms with E-state index in [-0.39, 0.29) is 5.57 Å². The van der Waals surface area contributed by atoms with Crippen LogP contribution in [-0.4, -0.2) is 26.1 Å². The molecule has 1 aliphatic rings. The number of aliphatic carboxylic acids is 1. The van der Waals surface area contributed by atoms with E-state index in [2.05, 4.69) is 0 Å². The summed E-state index contributed by atoms with van der Waals surface area (Å²) in [6.07, 6.45) is 9.03. The number of carbonyl (C=O) groups is 1. The summed E-state index contributed by atoms with van der Waals surface area (Å²) in [4.78, 5) is 11.9. The average Bonchev–Trinajstić information content (AvgIpc) is 2.59. The van der Waals surface area contributed by atoms with Crippen molar-refractivity contribution >= 4 is 17.0 Å². The molecule has 0 saturated carbocycles. The predicted molar refractivity (Wildman–Crippen MR) is 82.9 cm³/mol. The van der Waals surface area contributed by atoms with Crippen molar-refractivity contribution in [3.8, 4) is 0 Å². The van der Waals surface area contributed by atoms with Crippen LogP contribution in [0.4, 0.5) is 0 Å². The Morgan fingerprint density at radius 2 is 1.86 bits per heavy atom. The van der Waals surface area contributed by atoms with E-state index in [1.165, 1.54) is 10.5 Å². The molecule has 1 aromatic rings. The van der Waals surface area contributed by atoms with Crippen LogP contribution in [0, 0.1) is 6.92 Å². The molecule has 0 radical (unpaired) electrons. The van der Waals surface area contributed by atoms with Crippen molar-refractivity contribution < 1.29 is 14.1 Å². The lowest BCUT2D eigenvalue weighted by molar-refractivity contribution is -0.132. The van der Waals surface area contributed by atoms with Crippen molar-refractivity contribution in [2.45, 2.75) is 18.2 Å². The molecular weight excluding hydrogens is 286 g/mol. The number of hydrogen-bond acceptors (Lipinski definition) is 2. The molecule has 0 spiro atoms. The van der Waals surface area contributed by atoms with Gasteiger partial charge >= 0.3 is 5.97 Å². The molecule has 0 amide bonds. The Kier molecular flexibility index (Phi) is 5.11. The van der Waals surface area contributed by atoms with Gasteiger partial charge in [0, 0.05) is 12.7 Å². The Morgan fingerprint density at radius 3 is 2.52 bits per heavy atom. The van der Waals surface area contributed by atoms with E-state index in [0.29, 0.717) is 17.9 Å². The van der Waals surface area contributed by atoms with Crippen molar-refractivity contribution in [1.82, 2.24) is 4.31 Å². The minimum Gasteiger partial charge on any atom is -0.478 e. The summed E-state index contributed by atoms with van der Waals surface area (Å²) in [5.74, 6) is -0.993. The fraction of sp³-hybridized carbons (Fsp3) is 0.188. The molecule has 5 heteroatoms. The zero-order chi connectivity index (χ0) is 15.2. The second-order valence-corrected chi connectivity index (χ2v) is 6.12. The fourth-order valence-corrected chi connectivity index (χ4v) is 2.93. The number of nitrogens with zero attached hydrogens (tertiary/aromatic N) is 1. The molecule has 1 aliphatic heterocycles. The van der Waals surface area contributed by atoms with Crippen LogP contribution in [0.25, 0.3) is 0 Å². The normalized spacial score (nSPS) is 22.1. The third-order valence-electron chi connectivity index (χ3n) is 3.02. The van der Waals surface area contributed by atoms with Crippen LogP contribution in [0.2, 0.25) is 0 Å². The maximum absolute atomic E-state index is 12.6. The molecule has 21 heavy (non-hydrogen) atoms. The van der Waals surface area contributed by atoms with Gasteiger partial charge in [0.15, 0.2) is 11.0 Å². The van der Waals surface area contributed by atoms with Gasteiger partial charge in [-0.25, -0.2) is 9.00 Å². The Bertz CT molecular complexity index is 629. The van der Waals surface area contributed by atoms with Gasteiger partial charge in [-0.2, -0.15) is 0 Å². The Morgan fingerprint density at radius 1 is 1.19 bits per heavy atom. The first-order valence-electron chi connectivity index (χ1n) is 6.59. The SMILES string of the molecule is Cc1ccc(S(=O)N2/C=C(/C(=O)O)C/C=C\C=C/C2)cc1. The molecule has 1 atom stereocenters. The average molecular weight is 303 g/mol. The van der Waals surface area contributed by atoms with Crippen LogP contribution >= 0.6 is 0 Å². The van der Waals surface area contributed by atoms with Gasteiger partial charge in [-0.3, -0.25) is 4.31 Å². The standard InChI is InChI=1S/C16H17NO3S/c1-13-7-9-15(10-8-13)21(20)17-11-5-3-2-4-6-14(12-17)16(18)19/h2-5,7-10,12H,6,11H2,1H3,(H,18,19)/b4-2-,5-3-,14-12+. The van der Waals surface area contributed by atoms with E-state index in [0.717, 1.165) is 5.56 Å². The monoisotopic (exact) mass is 303 g/mol. The first kappa shape index (κ1) is 15.3. The number of hydrogen-bond donors (Lipinski definition) is 1. The van der Waals surface area contributed by atoms with E-state index < -0.39 is 17.0 Å². The summed E-state index contributed by atoms with van der Waals surface area (Å²) in [5.41, 5.74) is 1.31. The minimum absolute atomic E-state index is 0.218. The Hall–Kier alpha value is -2.14. The zero-order valence-electron chi connectivity index (χ0n) is 11.7. The van der Waals surface area contributed by atoms with E-state index in [1.54, 1.807) is 24.3 Å². The lowest BCUT2D eigenvalue weighted by Gasteiger charge is -2.18. The van der Waals surface area contributed by atoms with Crippen LogP contribution in [0.15, 0.2) is 65.2 Å². The van der Waals surface area contributed by atoms with Crippen molar-refractivity contribution in [2.24, 2.45) is 0 Å². The van der Waals surface area contributed by atoms with Crippen molar-refractivity contribution in [1.29, 1.82) is 0 Å². The molecule has 2 rings (SSSR count). The Labute approximate surface area is 126 Å². The first-order chi connectivity index (χ1) is 10.1. The van der Waals surface area contributed by atoms with Gasteiger partial charge in [-0.05, 0) is 25.5 Å². The second kappa shape index (κ2) is 7.04. The van der Waals surface area contributed by atoms with E-state index >= 15 is 0 Å². The summed E-state index contributed by atoms with van der Waals surface area (Å²) in [6.45, 7) is 2.35. The highest BCUT2D eigenvalue weighted by atomic mass is 32.2. The molecule has 1 unspecified atom stereocenters.